The van der Waals surface area contributed by atoms with Crippen molar-refractivity contribution >= 4 is 17.5 Å². The molecule has 0 bridgehead atoms. The van der Waals surface area contributed by atoms with Crippen LogP contribution < -0.4 is 5.32 Å². The number of pyridine rings is 1. The largest absolute Gasteiger partial charge is 0.416 e. The van der Waals surface area contributed by atoms with Gasteiger partial charge in [-0.2, -0.15) is 18.2 Å². The zero-order chi connectivity index (χ0) is 19.4. The monoisotopic (exact) mass is 396 g/mol. The van der Waals surface area contributed by atoms with Gasteiger partial charge in [-0.25, -0.2) is 0 Å². The van der Waals surface area contributed by atoms with Crippen molar-refractivity contribution in [2.75, 3.05) is 6.54 Å². The predicted molar refractivity (Wildman–Crippen MR) is 90.0 cm³/mol. The van der Waals surface area contributed by atoms with E-state index in [-0.39, 0.29) is 24.6 Å². The summed E-state index contributed by atoms with van der Waals surface area (Å²) in [5.74, 6) is -0.0803. The zero-order valence-corrected chi connectivity index (χ0v) is 14.4. The Balaban J connectivity index is 1.57. The minimum Gasteiger partial charge on any atom is -0.350 e. The van der Waals surface area contributed by atoms with Crippen LogP contribution in [0.5, 0.6) is 0 Å². The minimum atomic E-state index is -4.54. The molecule has 0 fully saturated rings. The second kappa shape index (κ2) is 7.75. The fourth-order valence-corrected chi connectivity index (χ4v) is 2.30. The molecule has 27 heavy (non-hydrogen) atoms. The molecule has 1 aromatic carbocycles. The Hall–Kier alpha value is -2.94. The van der Waals surface area contributed by atoms with E-state index in [1.165, 1.54) is 0 Å². The van der Waals surface area contributed by atoms with Gasteiger partial charge in [0.15, 0.2) is 0 Å². The number of rotatable bonds is 5. The number of benzene rings is 1. The van der Waals surface area contributed by atoms with E-state index in [0.717, 1.165) is 12.3 Å². The van der Waals surface area contributed by atoms with Gasteiger partial charge in [-0.15, -0.1) is 0 Å². The molecule has 1 N–H and O–H groups in total. The van der Waals surface area contributed by atoms with E-state index >= 15 is 0 Å². The molecule has 1 amide bonds. The summed E-state index contributed by atoms with van der Waals surface area (Å²) < 4.78 is 43.1. The van der Waals surface area contributed by atoms with Crippen LogP contribution >= 0.6 is 11.6 Å². The van der Waals surface area contributed by atoms with Gasteiger partial charge in [0.05, 0.1) is 5.56 Å². The van der Waals surface area contributed by atoms with Crippen LogP contribution in [0.2, 0.25) is 5.02 Å². The summed E-state index contributed by atoms with van der Waals surface area (Å²) in [6.07, 6.45) is -3.39. The Labute approximate surface area is 156 Å². The highest BCUT2D eigenvalue weighted by atomic mass is 35.5. The van der Waals surface area contributed by atoms with Gasteiger partial charge in [0.1, 0.15) is 5.69 Å². The van der Waals surface area contributed by atoms with Crippen molar-refractivity contribution in [2.24, 2.45) is 0 Å². The van der Waals surface area contributed by atoms with Gasteiger partial charge in [0, 0.05) is 29.7 Å². The number of amides is 1. The molecule has 0 spiro atoms. The lowest BCUT2D eigenvalue weighted by Crippen LogP contribution is -2.27. The molecule has 3 rings (SSSR count). The SMILES string of the molecule is O=C(NCCc1nc(-c2ccc(Cl)cc2)no1)c1cc(C(F)(F)F)ccn1. The third kappa shape index (κ3) is 4.82. The van der Waals surface area contributed by atoms with Gasteiger partial charge < -0.3 is 9.84 Å². The molecule has 0 radical (unpaired) electrons. The number of alkyl halides is 3. The Morgan fingerprint density at radius 2 is 1.93 bits per heavy atom. The topological polar surface area (TPSA) is 80.9 Å². The third-order valence-corrected chi connectivity index (χ3v) is 3.77. The van der Waals surface area contributed by atoms with Crippen LogP contribution in [0, 0.1) is 0 Å². The Kier molecular flexibility index (Phi) is 5.41. The van der Waals surface area contributed by atoms with Gasteiger partial charge in [-0.3, -0.25) is 9.78 Å². The van der Waals surface area contributed by atoms with E-state index in [0.29, 0.717) is 22.5 Å². The van der Waals surface area contributed by atoms with Gasteiger partial charge in [-0.1, -0.05) is 16.8 Å². The molecule has 2 heterocycles. The average molecular weight is 397 g/mol. The number of aromatic nitrogens is 3. The molecule has 0 saturated heterocycles. The highest BCUT2D eigenvalue weighted by Crippen LogP contribution is 2.29. The molecule has 3 aromatic rings. The third-order valence-electron chi connectivity index (χ3n) is 3.51. The first-order valence-corrected chi connectivity index (χ1v) is 8.11. The summed E-state index contributed by atoms with van der Waals surface area (Å²) in [5, 5.41) is 6.88. The molecular weight excluding hydrogens is 385 g/mol. The van der Waals surface area contributed by atoms with Crippen molar-refractivity contribution in [1.82, 2.24) is 20.4 Å². The number of nitrogens with zero attached hydrogens (tertiary/aromatic N) is 3. The van der Waals surface area contributed by atoms with Crippen molar-refractivity contribution in [1.29, 1.82) is 0 Å². The maximum atomic E-state index is 12.7. The van der Waals surface area contributed by atoms with Crippen molar-refractivity contribution in [3.8, 4) is 11.4 Å². The van der Waals surface area contributed by atoms with E-state index in [4.69, 9.17) is 16.1 Å². The molecule has 0 atom stereocenters. The molecule has 0 saturated carbocycles. The Morgan fingerprint density at radius 1 is 1.19 bits per heavy atom. The van der Waals surface area contributed by atoms with Crippen LogP contribution in [0.4, 0.5) is 13.2 Å². The van der Waals surface area contributed by atoms with Crippen LogP contribution in [0.1, 0.15) is 21.9 Å². The Bertz CT molecular complexity index is 942. The molecule has 0 unspecified atom stereocenters. The normalized spacial score (nSPS) is 11.4. The highest BCUT2D eigenvalue weighted by molar-refractivity contribution is 6.30. The molecule has 0 aliphatic heterocycles. The summed E-state index contributed by atoms with van der Waals surface area (Å²) >= 11 is 5.82. The van der Waals surface area contributed by atoms with E-state index in [9.17, 15) is 18.0 Å². The van der Waals surface area contributed by atoms with E-state index in [1.54, 1.807) is 24.3 Å². The van der Waals surface area contributed by atoms with Gasteiger partial charge in [0.2, 0.25) is 11.7 Å². The predicted octanol–water partition coefficient (Wildman–Crippen LogP) is 3.78. The quantitative estimate of drug-likeness (QED) is 0.710. The lowest BCUT2D eigenvalue weighted by molar-refractivity contribution is -0.137. The number of hydrogen-bond acceptors (Lipinski definition) is 5. The maximum absolute atomic E-state index is 12.7. The summed E-state index contributed by atoms with van der Waals surface area (Å²) in [6.45, 7) is 0.0962. The van der Waals surface area contributed by atoms with E-state index in [2.05, 4.69) is 20.4 Å². The number of carbonyl (C=O) groups is 1. The Morgan fingerprint density at radius 3 is 2.63 bits per heavy atom. The van der Waals surface area contributed by atoms with E-state index < -0.39 is 17.6 Å². The van der Waals surface area contributed by atoms with Crippen LogP contribution in [0.15, 0.2) is 47.1 Å². The smallest absolute Gasteiger partial charge is 0.350 e. The molecular formula is C17H12ClF3N4O2. The number of hydrogen-bond donors (Lipinski definition) is 1. The standard InChI is InChI=1S/C17H12ClF3N4O2/c18-12-3-1-10(2-4-12)15-24-14(27-25-15)6-8-23-16(26)13-9-11(5-7-22-13)17(19,20)21/h1-5,7,9H,6,8H2,(H,23,26). The van der Waals surface area contributed by atoms with E-state index in [1.807, 2.05) is 0 Å². The highest BCUT2D eigenvalue weighted by Gasteiger charge is 2.31. The fraction of sp³-hybridized carbons (Fsp3) is 0.176. The molecule has 0 aliphatic rings. The summed E-state index contributed by atoms with van der Waals surface area (Å²) in [7, 11) is 0. The first-order valence-electron chi connectivity index (χ1n) is 7.73. The van der Waals surface area contributed by atoms with Gasteiger partial charge in [0.25, 0.3) is 5.91 Å². The lowest BCUT2D eigenvalue weighted by Gasteiger charge is -2.08. The minimum absolute atomic E-state index is 0.0962. The van der Waals surface area contributed by atoms with Crippen LogP contribution in [-0.2, 0) is 12.6 Å². The second-order valence-electron chi connectivity index (χ2n) is 5.45. The second-order valence-corrected chi connectivity index (χ2v) is 5.89. The van der Waals surface area contributed by atoms with Gasteiger partial charge in [-0.05, 0) is 36.4 Å². The molecule has 10 heteroatoms. The van der Waals surface area contributed by atoms with Crippen LogP contribution in [0.25, 0.3) is 11.4 Å². The first-order chi connectivity index (χ1) is 12.8. The lowest BCUT2D eigenvalue weighted by atomic mass is 10.2. The van der Waals surface area contributed by atoms with Crippen molar-refractivity contribution in [3.63, 3.8) is 0 Å². The van der Waals surface area contributed by atoms with Crippen molar-refractivity contribution in [3.05, 3.63) is 64.8 Å². The zero-order valence-electron chi connectivity index (χ0n) is 13.6. The first kappa shape index (κ1) is 18.8. The molecule has 2 aromatic heterocycles. The molecule has 6 nitrogen and oxygen atoms in total. The number of carbonyl (C=O) groups excluding carboxylic acids is 1. The van der Waals surface area contributed by atoms with Gasteiger partial charge >= 0.3 is 6.18 Å². The van der Waals surface area contributed by atoms with Crippen molar-refractivity contribution in [2.45, 2.75) is 12.6 Å². The molecule has 0 aliphatic carbocycles. The molecule has 140 valence electrons. The fourth-order valence-electron chi connectivity index (χ4n) is 2.18. The van der Waals surface area contributed by atoms with Crippen LogP contribution in [-0.4, -0.2) is 27.6 Å². The number of halogens is 4. The van der Waals surface area contributed by atoms with Crippen molar-refractivity contribution < 1.29 is 22.5 Å². The summed E-state index contributed by atoms with van der Waals surface area (Å²) in [4.78, 5) is 19.8. The summed E-state index contributed by atoms with van der Waals surface area (Å²) in [6, 6.07) is 8.34. The summed E-state index contributed by atoms with van der Waals surface area (Å²) in [5.41, 5.74) is -0.545. The van der Waals surface area contributed by atoms with Crippen LogP contribution in [0.3, 0.4) is 0 Å². The average Bonchev–Trinajstić information content (AvgIpc) is 3.10. The maximum Gasteiger partial charge on any atom is 0.416 e. The number of nitrogens with one attached hydrogen (secondary N) is 1.